The van der Waals surface area contributed by atoms with E-state index in [9.17, 15) is 4.79 Å². The molecule has 0 saturated carbocycles. The molecule has 1 amide bonds. The molecule has 1 aromatic carbocycles. The summed E-state index contributed by atoms with van der Waals surface area (Å²) in [7, 11) is 1.71. The second-order valence-corrected chi connectivity index (χ2v) is 3.64. The molecule has 2 nitrogen and oxygen atoms in total. The van der Waals surface area contributed by atoms with Crippen LogP contribution in [0.3, 0.4) is 0 Å². The van der Waals surface area contributed by atoms with Gasteiger partial charge < -0.3 is 4.90 Å². The molecule has 0 saturated heterocycles. The summed E-state index contributed by atoms with van der Waals surface area (Å²) in [5.41, 5.74) is 2.18. The third kappa shape index (κ3) is 2.77. The average molecular weight is 209 g/mol. The number of nitrogens with zero attached hydrogens (tertiary/aromatic N) is 1. The Morgan fingerprint density at radius 3 is 2.36 bits per heavy atom. The standard InChI is InChI=1S/C11H15NOS/c1-3-4-9-5-7-10(8-6-9)12(2)11(13)14/h5-8H,3-4H2,1-2H3,(H,13,14). The number of anilines is 1. The van der Waals surface area contributed by atoms with Crippen LogP contribution in [-0.2, 0) is 6.42 Å². The molecule has 0 aliphatic rings. The Morgan fingerprint density at radius 1 is 1.36 bits per heavy atom. The molecule has 0 aliphatic heterocycles. The molecule has 0 spiro atoms. The van der Waals surface area contributed by atoms with E-state index in [1.165, 1.54) is 10.5 Å². The molecule has 3 heteroatoms. The van der Waals surface area contributed by atoms with Crippen molar-refractivity contribution in [2.45, 2.75) is 19.8 Å². The molecule has 0 aromatic heterocycles. The van der Waals surface area contributed by atoms with Crippen LogP contribution < -0.4 is 4.90 Å². The summed E-state index contributed by atoms with van der Waals surface area (Å²) in [6, 6.07) is 7.98. The van der Waals surface area contributed by atoms with Gasteiger partial charge in [-0.2, -0.15) is 0 Å². The van der Waals surface area contributed by atoms with Crippen molar-refractivity contribution in [3.63, 3.8) is 0 Å². The van der Waals surface area contributed by atoms with Crippen LogP contribution in [0.4, 0.5) is 10.5 Å². The fourth-order valence-corrected chi connectivity index (χ4v) is 1.40. The zero-order valence-electron chi connectivity index (χ0n) is 8.53. The number of amides is 1. The van der Waals surface area contributed by atoms with Crippen LogP contribution in [0.25, 0.3) is 0 Å². The first-order chi connectivity index (χ1) is 6.65. The smallest absolute Gasteiger partial charge is 0.282 e. The fourth-order valence-electron chi connectivity index (χ4n) is 1.29. The van der Waals surface area contributed by atoms with Crippen LogP contribution in [0.1, 0.15) is 18.9 Å². The number of carbonyl (C=O) groups excluding carboxylic acids is 1. The zero-order chi connectivity index (χ0) is 10.6. The quantitative estimate of drug-likeness (QED) is 0.758. The summed E-state index contributed by atoms with van der Waals surface area (Å²) in [5, 5.41) is -0.242. The van der Waals surface area contributed by atoms with Crippen LogP contribution in [0.2, 0.25) is 0 Å². The van der Waals surface area contributed by atoms with Crippen molar-refractivity contribution in [2.24, 2.45) is 0 Å². The molecule has 1 rings (SSSR count). The lowest BCUT2D eigenvalue weighted by molar-refractivity contribution is 0.266. The summed E-state index contributed by atoms with van der Waals surface area (Å²) in [6.45, 7) is 2.15. The second kappa shape index (κ2) is 5.05. The maximum absolute atomic E-state index is 10.9. The monoisotopic (exact) mass is 209 g/mol. The minimum absolute atomic E-state index is 0.242. The molecular formula is C11H15NOS. The number of rotatable bonds is 3. The highest BCUT2D eigenvalue weighted by Crippen LogP contribution is 2.15. The van der Waals surface area contributed by atoms with Crippen molar-refractivity contribution in [2.75, 3.05) is 11.9 Å². The molecule has 14 heavy (non-hydrogen) atoms. The third-order valence-electron chi connectivity index (χ3n) is 2.15. The summed E-state index contributed by atoms with van der Waals surface area (Å²) in [5.74, 6) is 0. The first-order valence-electron chi connectivity index (χ1n) is 4.70. The SMILES string of the molecule is CCCc1ccc(N(C)C(=O)S)cc1. The molecular weight excluding hydrogens is 194 g/mol. The van der Waals surface area contributed by atoms with Crippen LogP contribution in [0, 0.1) is 0 Å². The molecule has 76 valence electrons. The molecule has 1 aromatic rings. The van der Waals surface area contributed by atoms with Gasteiger partial charge in [0.1, 0.15) is 0 Å². The number of aryl methyl sites for hydroxylation is 1. The van der Waals surface area contributed by atoms with E-state index in [1.54, 1.807) is 7.05 Å². The van der Waals surface area contributed by atoms with E-state index >= 15 is 0 Å². The lowest BCUT2D eigenvalue weighted by Crippen LogP contribution is -2.19. The van der Waals surface area contributed by atoms with Gasteiger partial charge in [0.25, 0.3) is 5.24 Å². The van der Waals surface area contributed by atoms with Gasteiger partial charge in [0.2, 0.25) is 0 Å². The Hall–Kier alpha value is -0.960. The number of carbonyl (C=O) groups is 1. The highest BCUT2D eigenvalue weighted by Gasteiger charge is 2.04. The van der Waals surface area contributed by atoms with E-state index in [-0.39, 0.29) is 5.24 Å². The minimum atomic E-state index is -0.242. The van der Waals surface area contributed by atoms with Crippen molar-refractivity contribution < 1.29 is 4.79 Å². The first-order valence-corrected chi connectivity index (χ1v) is 5.15. The lowest BCUT2D eigenvalue weighted by Gasteiger charge is -2.14. The van der Waals surface area contributed by atoms with E-state index < -0.39 is 0 Å². The summed E-state index contributed by atoms with van der Waals surface area (Å²) >= 11 is 3.76. The van der Waals surface area contributed by atoms with Crippen molar-refractivity contribution in [1.82, 2.24) is 0 Å². The molecule has 0 N–H and O–H groups in total. The Kier molecular flexibility index (Phi) is 4.01. The van der Waals surface area contributed by atoms with Crippen molar-refractivity contribution in [1.29, 1.82) is 0 Å². The molecule has 0 heterocycles. The molecule has 0 bridgehead atoms. The number of hydrogen-bond acceptors (Lipinski definition) is 1. The van der Waals surface area contributed by atoms with E-state index in [1.807, 2.05) is 24.3 Å². The lowest BCUT2D eigenvalue weighted by atomic mass is 10.1. The van der Waals surface area contributed by atoms with Gasteiger partial charge in [-0.3, -0.25) is 4.79 Å². The topological polar surface area (TPSA) is 20.3 Å². The van der Waals surface area contributed by atoms with E-state index in [0.29, 0.717) is 0 Å². The van der Waals surface area contributed by atoms with Crippen molar-refractivity contribution in [3.8, 4) is 0 Å². The third-order valence-corrected chi connectivity index (χ3v) is 2.45. The molecule has 0 atom stereocenters. The highest BCUT2D eigenvalue weighted by atomic mass is 32.1. The Bertz CT molecular complexity index is 308. The van der Waals surface area contributed by atoms with E-state index in [0.717, 1.165) is 18.5 Å². The number of benzene rings is 1. The maximum atomic E-state index is 10.9. The van der Waals surface area contributed by atoms with Gasteiger partial charge in [0, 0.05) is 12.7 Å². The molecule has 0 unspecified atom stereocenters. The molecule has 0 fully saturated rings. The number of thiol groups is 1. The van der Waals surface area contributed by atoms with Gasteiger partial charge in [-0.15, -0.1) is 0 Å². The Morgan fingerprint density at radius 2 is 1.93 bits per heavy atom. The average Bonchev–Trinajstić information content (AvgIpc) is 2.18. The van der Waals surface area contributed by atoms with Gasteiger partial charge >= 0.3 is 0 Å². The van der Waals surface area contributed by atoms with Crippen LogP contribution in [-0.4, -0.2) is 12.3 Å². The van der Waals surface area contributed by atoms with Gasteiger partial charge in [0.15, 0.2) is 0 Å². The predicted molar refractivity (Wildman–Crippen MR) is 63.2 cm³/mol. The van der Waals surface area contributed by atoms with Crippen molar-refractivity contribution in [3.05, 3.63) is 29.8 Å². The van der Waals surface area contributed by atoms with Gasteiger partial charge in [-0.25, -0.2) is 0 Å². The van der Waals surface area contributed by atoms with Gasteiger partial charge in [-0.05, 0) is 24.1 Å². The zero-order valence-corrected chi connectivity index (χ0v) is 9.42. The summed E-state index contributed by atoms with van der Waals surface area (Å²) in [4.78, 5) is 12.5. The fraction of sp³-hybridized carbons (Fsp3) is 0.364. The van der Waals surface area contributed by atoms with E-state index in [2.05, 4.69) is 19.6 Å². The Balaban J connectivity index is 2.77. The maximum Gasteiger partial charge on any atom is 0.282 e. The van der Waals surface area contributed by atoms with Crippen molar-refractivity contribution >= 4 is 23.6 Å². The van der Waals surface area contributed by atoms with Gasteiger partial charge in [-0.1, -0.05) is 38.1 Å². The molecule has 0 radical (unpaired) electrons. The second-order valence-electron chi connectivity index (χ2n) is 3.26. The van der Waals surface area contributed by atoms with Gasteiger partial charge in [0.05, 0.1) is 0 Å². The van der Waals surface area contributed by atoms with E-state index in [4.69, 9.17) is 0 Å². The van der Waals surface area contributed by atoms with Crippen LogP contribution in [0.5, 0.6) is 0 Å². The first kappa shape index (κ1) is 11.1. The normalized spacial score (nSPS) is 9.93. The van der Waals surface area contributed by atoms with Crippen LogP contribution in [0.15, 0.2) is 24.3 Å². The van der Waals surface area contributed by atoms with Crippen LogP contribution >= 0.6 is 12.6 Å². The summed E-state index contributed by atoms with van der Waals surface area (Å²) in [6.07, 6.45) is 2.22. The largest absolute Gasteiger partial charge is 0.307 e. The molecule has 0 aliphatic carbocycles. The highest BCUT2D eigenvalue weighted by molar-refractivity contribution is 7.96. The Labute approximate surface area is 90.3 Å². The number of hydrogen-bond donors (Lipinski definition) is 1. The summed E-state index contributed by atoms with van der Waals surface area (Å²) < 4.78 is 0. The minimum Gasteiger partial charge on any atom is -0.307 e. The predicted octanol–water partition coefficient (Wildman–Crippen LogP) is 3.13.